The van der Waals surface area contributed by atoms with E-state index in [4.69, 9.17) is 0 Å². The standard InChI is InChI=1S/C9H12IN3O2S/c1-11-9-7(10)4-12-8(13-9)6-2-3-16(14,15)5-6/h4,6H,2-3,5H2,1H3,(H,11,12,13). The molecule has 1 saturated heterocycles. The van der Waals surface area contributed by atoms with Gasteiger partial charge in [0.2, 0.25) is 0 Å². The van der Waals surface area contributed by atoms with Crippen LogP contribution >= 0.6 is 22.6 Å². The van der Waals surface area contributed by atoms with Crippen LogP contribution in [0.1, 0.15) is 18.2 Å². The molecule has 1 unspecified atom stereocenters. The normalized spacial score (nSPS) is 23.2. The highest BCUT2D eigenvalue weighted by molar-refractivity contribution is 14.1. The Labute approximate surface area is 108 Å². The van der Waals surface area contributed by atoms with Gasteiger partial charge in [0.25, 0.3) is 0 Å². The summed E-state index contributed by atoms with van der Waals surface area (Å²) in [7, 11) is -1.08. The van der Waals surface area contributed by atoms with Gasteiger partial charge in [-0.3, -0.25) is 0 Å². The van der Waals surface area contributed by atoms with Gasteiger partial charge in [0.15, 0.2) is 9.84 Å². The summed E-state index contributed by atoms with van der Waals surface area (Å²) in [5.41, 5.74) is 0. The minimum atomic E-state index is -2.88. The largest absolute Gasteiger partial charge is 0.372 e. The van der Waals surface area contributed by atoms with Gasteiger partial charge in [-0.1, -0.05) is 0 Å². The second kappa shape index (κ2) is 4.44. The summed E-state index contributed by atoms with van der Waals surface area (Å²) in [6, 6.07) is 0. The van der Waals surface area contributed by atoms with Gasteiger partial charge in [-0.05, 0) is 29.0 Å². The molecule has 1 aliphatic rings. The van der Waals surface area contributed by atoms with Crippen LogP contribution in [0.25, 0.3) is 0 Å². The van der Waals surface area contributed by atoms with Crippen LogP contribution in [-0.4, -0.2) is 36.9 Å². The van der Waals surface area contributed by atoms with E-state index < -0.39 is 9.84 Å². The third kappa shape index (κ3) is 2.45. The molecule has 1 N–H and O–H groups in total. The molecular weight excluding hydrogens is 341 g/mol. The van der Waals surface area contributed by atoms with Crippen molar-refractivity contribution in [2.45, 2.75) is 12.3 Å². The summed E-state index contributed by atoms with van der Waals surface area (Å²) in [5, 5.41) is 2.97. The molecular formula is C9H12IN3O2S. The van der Waals surface area contributed by atoms with E-state index in [0.29, 0.717) is 12.2 Å². The zero-order valence-electron chi connectivity index (χ0n) is 8.77. The number of nitrogens with zero attached hydrogens (tertiary/aromatic N) is 2. The third-order valence-electron chi connectivity index (χ3n) is 2.60. The summed E-state index contributed by atoms with van der Waals surface area (Å²) in [5.74, 6) is 1.77. The molecule has 0 aliphatic carbocycles. The monoisotopic (exact) mass is 353 g/mol. The fraction of sp³-hybridized carbons (Fsp3) is 0.556. The third-order valence-corrected chi connectivity index (χ3v) is 5.15. The first-order valence-corrected chi connectivity index (χ1v) is 7.82. The van der Waals surface area contributed by atoms with Gasteiger partial charge in [0.05, 0.1) is 15.1 Å². The van der Waals surface area contributed by atoms with Gasteiger partial charge in [-0.2, -0.15) is 0 Å². The van der Waals surface area contributed by atoms with Crippen LogP contribution in [0.2, 0.25) is 0 Å². The molecule has 88 valence electrons. The highest BCUT2D eigenvalue weighted by atomic mass is 127. The highest BCUT2D eigenvalue weighted by Gasteiger charge is 2.31. The Hall–Kier alpha value is -0.440. The molecule has 0 saturated carbocycles. The van der Waals surface area contributed by atoms with E-state index in [1.165, 1.54) is 0 Å². The number of anilines is 1. The van der Waals surface area contributed by atoms with Gasteiger partial charge >= 0.3 is 0 Å². The molecule has 1 aliphatic heterocycles. The smallest absolute Gasteiger partial charge is 0.151 e. The maximum Gasteiger partial charge on any atom is 0.151 e. The highest BCUT2D eigenvalue weighted by Crippen LogP contribution is 2.27. The lowest BCUT2D eigenvalue weighted by Crippen LogP contribution is -2.09. The second-order valence-electron chi connectivity index (χ2n) is 3.77. The average molecular weight is 353 g/mol. The molecule has 2 heterocycles. The summed E-state index contributed by atoms with van der Waals surface area (Å²) in [6.45, 7) is 0. The molecule has 1 fully saturated rings. The minimum absolute atomic E-state index is 0.0471. The van der Waals surface area contributed by atoms with Crippen LogP contribution in [0.4, 0.5) is 5.82 Å². The van der Waals surface area contributed by atoms with Crippen LogP contribution in [0.3, 0.4) is 0 Å². The summed E-state index contributed by atoms with van der Waals surface area (Å²) in [6.07, 6.45) is 2.35. The topological polar surface area (TPSA) is 72.0 Å². The summed E-state index contributed by atoms with van der Waals surface area (Å²) in [4.78, 5) is 8.56. The van der Waals surface area contributed by atoms with Crippen molar-refractivity contribution in [2.75, 3.05) is 23.9 Å². The minimum Gasteiger partial charge on any atom is -0.372 e. The molecule has 0 aromatic carbocycles. The van der Waals surface area contributed by atoms with E-state index in [1.54, 1.807) is 13.2 Å². The number of hydrogen-bond donors (Lipinski definition) is 1. The molecule has 2 rings (SSSR count). The Balaban J connectivity index is 2.29. The molecule has 16 heavy (non-hydrogen) atoms. The van der Waals surface area contributed by atoms with Crippen molar-refractivity contribution in [3.8, 4) is 0 Å². The van der Waals surface area contributed by atoms with Gasteiger partial charge in [0, 0.05) is 19.2 Å². The fourth-order valence-corrected chi connectivity index (χ4v) is 4.02. The first-order valence-electron chi connectivity index (χ1n) is 4.92. The zero-order valence-corrected chi connectivity index (χ0v) is 11.7. The maximum absolute atomic E-state index is 11.4. The zero-order chi connectivity index (χ0) is 11.8. The van der Waals surface area contributed by atoms with Crippen molar-refractivity contribution >= 4 is 38.2 Å². The number of rotatable bonds is 2. The lowest BCUT2D eigenvalue weighted by atomic mass is 10.1. The molecule has 0 spiro atoms. The molecule has 1 aromatic rings. The van der Waals surface area contributed by atoms with Crippen LogP contribution in [0.15, 0.2) is 6.20 Å². The van der Waals surface area contributed by atoms with Crippen LogP contribution in [0, 0.1) is 3.57 Å². The van der Waals surface area contributed by atoms with E-state index in [0.717, 1.165) is 9.39 Å². The number of sulfone groups is 1. The van der Waals surface area contributed by atoms with E-state index >= 15 is 0 Å². The first-order chi connectivity index (χ1) is 7.52. The van der Waals surface area contributed by atoms with E-state index in [9.17, 15) is 8.42 Å². The summed E-state index contributed by atoms with van der Waals surface area (Å²) < 4.78 is 23.7. The van der Waals surface area contributed by atoms with E-state index in [2.05, 4.69) is 37.9 Å². The van der Waals surface area contributed by atoms with E-state index in [-0.39, 0.29) is 17.4 Å². The Morgan fingerprint density at radius 3 is 2.88 bits per heavy atom. The van der Waals surface area contributed by atoms with Crippen molar-refractivity contribution < 1.29 is 8.42 Å². The van der Waals surface area contributed by atoms with Crippen molar-refractivity contribution in [3.05, 3.63) is 15.6 Å². The maximum atomic E-state index is 11.4. The Kier molecular flexibility index (Phi) is 3.34. The fourth-order valence-electron chi connectivity index (χ4n) is 1.75. The summed E-state index contributed by atoms with van der Waals surface area (Å²) >= 11 is 2.14. The van der Waals surface area contributed by atoms with Crippen molar-refractivity contribution in [1.82, 2.24) is 9.97 Å². The van der Waals surface area contributed by atoms with Gasteiger partial charge < -0.3 is 5.32 Å². The van der Waals surface area contributed by atoms with Crippen molar-refractivity contribution in [2.24, 2.45) is 0 Å². The van der Waals surface area contributed by atoms with Crippen molar-refractivity contribution in [3.63, 3.8) is 0 Å². The lowest BCUT2D eigenvalue weighted by Gasteiger charge is -2.09. The van der Waals surface area contributed by atoms with Gasteiger partial charge in [-0.25, -0.2) is 18.4 Å². The molecule has 1 atom stereocenters. The predicted molar refractivity (Wildman–Crippen MR) is 70.3 cm³/mol. The first kappa shape index (κ1) is 12.0. The Morgan fingerprint density at radius 1 is 1.56 bits per heavy atom. The average Bonchev–Trinajstić information content (AvgIpc) is 2.59. The number of halogens is 1. The van der Waals surface area contributed by atoms with Crippen LogP contribution < -0.4 is 5.32 Å². The number of aromatic nitrogens is 2. The molecule has 7 heteroatoms. The van der Waals surface area contributed by atoms with E-state index in [1.807, 2.05) is 0 Å². The molecule has 0 amide bonds. The number of hydrogen-bond acceptors (Lipinski definition) is 5. The predicted octanol–water partition coefficient (Wildman–Crippen LogP) is 1.03. The van der Waals surface area contributed by atoms with Crippen LogP contribution in [-0.2, 0) is 9.84 Å². The van der Waals surface area contributed by atoms with Gasteiger partial charge in [0.1, 0.15) is 11.6 Å². The SMILES string of the molecule is CNc1nc(C2CCS(=O)(=O)C2)ncc1I. The Bertz CT molecular complexity index is 503. The van der Waals surface area contributed by atoms with Gasteiger partial charge in [-0.15, -0.1) is 0 Å². The lowest BCUT2D eigenvalue weighted by molar-refractivity contribution is 0.601. The molecule has 5 nitrogen and oxygen atoms in total. The number of nitrogens with one attached hydrogen (secondary N) is 1. The quantitative estimate of drug-likeness (QED) is 0.804. The Morgan fingerprint density at radius 2 is 2.31 bits per heavy atom. The molecule has 0 bridgehead atoms. The van der Waals surface area contributed by atoms with Crippen LogP contribution in [0.5, 0.6) is 0 Å². The van der Waals surface area contributed by atoms with Crippen molar-refractivity contribution in [1.29, 1.82) is 0 Å². The second-order valence-corrected chi connectivity index (χ2v) is 7.17. The molecule has 0 radical (unpaired) electrons. The molecule has 1 aromatic heterocycles.